The number of fused-ring (bicyclic) bond motifs is 2. The van der Waals surface area contributed by atoms with Gasteiger partial charge in [-0.3, -0.25) is 9.69 Å². The average molecular weight is 520 g/mol. The number of ether oxygens (including phenoxy) is 2. The van der Waals surface area contributed by atoms with Crippen LogP contribution in [0.4, 0.5) is 5.69 Å². The number of nitrogens with zero attached hydrogens (tertiary/aromatic N) is 3. The van der Waals surface area contributed by atoms with Crippen molar-refractivity contribution in [1.82, 2.24) is 20.2 Å². The highest BCUT2D eigenvalue weighted by molar-refractivity contribution is 8.00. The molecular weight excluding hydrogens is 486 g/mol. The molecule has 1 saturated heterocycles. The highest BCUT2D eigenvalue weighted by atomic mass is 32.2. The molecule has 1 aliphatic carbocycles. The van der Waals surface area contributed by atoms with Crippen molar-refractivity contribution in [2.75, 3.05) is 37.8 Å². The van der Waals surface area contributed by atoms with Gasteiger partial charge in [-0.05, 0) is 74.5 Å². The molecule has 1 atom stereocenters. The second kappa shape index (κ2) is 10.8. The second-order valence-electron chi connectivity index (χ2n) is 10.2. The van der Waals surface area contributed by atoms with Crippen LogP contribution in [-0.2, 0) is 11.3 Å². The Kier molecular flexibility index (Phi) is 7.17. The molecule has 0 radical (unpaired) electrons. The summed E-state index contributed by atoms with van der Waals surface area (Å²) in [6.45, 7) is 3.86. The van der Waals surface area contributed by atoms with Crippen LogP contribution in [0.2, 0.25) is 0 Å². The lowest BCUT2D eigenvalue weighted by atomic mass is 10.0. The van der Waals surface area contributed by atoms with E-state index >= 15 is 0 Å². The van der Waals surface area contributed by atoms with Crippen LogP contribution in [0.5, 0.6) is 11.6 Å². The van der Waals surface area contributed by atoms with Crippen LogP contribution in [0, 0.1) is 5.92 Å². The van der Waals surface area contributed by atoms with Crippen molar-refractivity contribution in [2.45, 2.75) is 49.3 Å². The van der Waals surface area contributed by atoms with Gasteiger partial charge < -0.3 is 20.1 Å². The van der Waals surface area contributed by atoms with E-state index in [1.807, 2.05) is 18.2 Å². The topological polar surface area (TPSA) is 88.6 Å². The van der Waals surface area contributed by atoms with Gasteiger partial charge in [0.15, 0.2) is 0 Å². The maximum atomic E-state index is 11.7. The van der Waals surface area contributed by atoms with Crippen molar-refractivity contribution in [1.29, 1.82) is 0 Å². The van der Waals surface area contributed by atoms with E-state index in [2.05, 4.69) is 38.7 Å². The van der Waals surface area contributed by atoms with Crippen LogP contribution in [0.15, 0.2) is 47.5 Å². The number of rotatable bonds is 9. The van der Waals surface area contributed by atoms with Crippen molar-refractivity contribution < 1.29 is 14.3 Å². The normalized spacial score (nSPS) is 19.3. The van der Waals surface area contributed by atoms with E-state index in [1.165, 1.54) is 18.4 Å². The Hall–Kier alpha value is -2.88. The zero-order valence-corrected chi connectivity index (χ0v) is 21.9. The molecule has 8 nitrogen and oxygen atoms in total. The average Bonchev–Trinajstić information content (AvgIpc) is 3.77. The molecule has 3 aliphatic rings. The summed E-state index contributed by atoms with van der Waals surface area (Å²) in [5, 5.41) is 6.71. The Morgan fingerprint density at radius 1 is 1.14 bits per heavy atom. The highest BCUT2D eigenvalue weighted by Gasteiger charge is 2.35. The third-order valence-electron chi connectivity index (χ3n) is 7.44. The van der Waals surface area contributed by atoms with Crippen LogP contribution in [0.1, 0.15) is 31.2 Å². The van der Waals surface area contributed by atoms with E-state index in [0.717, 1.165) is 66.4 Å². The molecule has 3 aromatic rings. The summed E-state index contributed by atoms with van der Waals surface area (Å²) < 4.78 is 11.7. The van der Waals surface area contributed by atoms with E-state index in [1.54, 1.807) is 25.1 Å². The van der Waals surface area contributed by atoms with Crippen molar-refractivity contribution in [3.63, 3.8) is 0 Å². The summed E-state index contributed by atoms with van der Waals surface area (Å²) in [5.74, 6) is 2.54. The monoisotopic (exact) mass is 519 g/mol. The zero-order valence-electron chi connectivity index (χ0n) is 21.1. The molecule has 0 bridgehead atoms. The first kappa shape index (κ1) is 24.5. The lowest BCUT2D eigenvalue weighted by Gasteiger charge is -2.34. The number of piperidine rings is 1. The second-order valence-corrected chi connectivity index (χ2v) is 11.2. The Morgan fingerprint density at radius 2 is 2.00 bits per heavy atom. The van der Waals surface area contributed by atoms with Gasteiger partial charge in [-0.25, -0.2) is 9.97 Å². The van der Waals surface area contributed by atoms with Gasteiger partial charge in [-0.15, -0.1) is 11.8 Å². The molecule has 2 aliphatic heterocycles. The molecule has 37 heavy (non-hydrogen) atoms. The Labute approximate surface area is 221 Å². The van der Waals surface area contributed by atoms with Crippen LogP contribution >= 0.6 is 11.8 Å². The minimum Gasteiger partial charge on any atom is -0.497 e. The quantitative estimate of drug-likeness (QED) is 0.437. The lowest BCUT2D eigenvalue weighted by molar-refractivity contribution is -0.113. The van der Waals surface area contributed by atoms with Crippen molar-refractivity contribution in [3.8, 4) is 11.6 Å². The van der Waals surface area contributed by atoms with Gasteiger partial charge in [0.1, 0.15) is 11.9 Å². The van der Waals surface area contributed by atoms with Crippen molar-refractivity contribution in [2.24, 2.45) is 5.92 Å². The Morgan fingerprint density at radius 3 is 2.81 bits per heavy atom. The molecule has 1 saturated carbocycles. The van der Waals surface area contributed by atoms with E-state index in [4.69, 9.17) is 14.5 Å². The predicted octanol–water partition coefficient (Wildman–Crippen LogP) is 4.09. The van der Waals surface area contributed by atoms with Crippen LogP contribution in [-0.4, -0.2) is 65.4 Å². The van der Waals surface area contributed by atoms with E-state index < -0.39 is 0 Å². The number of likely N-dealkylation sites (tertiary alicyclic amines) is 1. The number of amides is 1. The summed E-state index contributed by atoms with van der Waals surface area (Å²) in [5.41, 5.74) is 3.78. The molecule has 194 valence electrons. The first-order valence-corrected chi connectivity index (χ1v) is 14.1. The van der Waals surface area contributed by atoms with Crippen LogP contribution in [0.25, 0.3) is 11.0 Å². The van der Waals surface area contributed by atoms with E-state index in [0.29, 0.717) is 23.6 Å². The molecule has 2 N–H and O–H groups in total. The number of carbonyl (C=O) groups excluding carboxylic acids is 1. The highest BCUT2D eigenvalue weighted by Crippen LogP contribution is 2.36. The summed E-state index contributed by atoms with van der Waals surface area (Å²) in [4.78, 5) is 24.6. The fourth-order valence-corrected chi connectivity index (χ4v) is 5.93. The third kappa shape index (κ3) is 6.00. The number of hydrogen-bond acceptors (Lipinski definition) is 8. The van der Waals surface area contributed by atoms with Crippen molar-refractivity contribution >= 4 is 34.4 Å². The fraction of sp³-hybridized carbons (Fsp3) is 0.464. The molecule has 1 amide bonds. The van der Waals surface area contributed by atoms with Gasteiger partial charge in [-0.2, -0.15) is 0 Å². The summed E-state index contributed by atoms with van der Waals surface area (Å²) in [6.07, 6.45) is 6.56. The first-order valence-electron chi connectivity index (χ1n) is 13.1. The number of nitrogens with one attached hydrogen (secondary N) is 2. The first-order chi connectivity index (χ1) is 18.1. The molecule has 3 heterocycles. The minimum atomic E-state index is 0.0800. The number of anilines is 1. The molecule has 0 spiro atoms. The summed E-state index contributed by atoms with van der Waals surface area (Å²) in [7, 11) is 1.66. The SMILES string of the molecule is COc1ccc2ncc(OC(CN3CCC(NCc4ccc5c(c4)NC(=O)CS5)CC3)C3CC3)nc2c1. The molecule has 9 heteroatoms. The van der Waals surface area contributed by atoms with Gasteiger partial charge in [0.2, 0.25) is 11.8 Å². The third-order valence-corrected chi connectivity index (χ3v) is 8.52. The minimum absolute atomic E-state index is 0.0800. The summed E-state index contributed by atoms with van der Waals surface area (Å²) in [6, 6.07) is 12.6. The van der Waals surface area contributed by atoms with Crippen molar-refractivity contribution in [3.05, 3.63) is 48.2 Å². The van der Waals surface area contributed by atoms with Gasteiger partial charge >= 0.3 is 0 Å². The number of hydrogen-bond donors (Lipinski definition) is 2. The van der Waals surface area contributed by atoms with E-state index in [9.17, 15) is 4.79 Å². The maximum Gasteiger partial charge on any atom is 0.234 e. The number of benzene rings is 2. The smallest absolute Gasteiger partial charge is 0.234 e. The van der Waals surface area contributed by atoms with Gasteiger partial charge in [0.05, 0.1) is 35.8 Å². The van der Waals surface area contributed by atoms with Crippen LogP contribution in [0.3, 0.4) is 0 Å². The van der Waals surface area contributed by atoms with Gasteiger partial charge in [-0.1, -0.05) is 6.07 Å². The predicted molar refractivity (Wildman–Crippen MR) is 145 cm³/mol. The number of aromatic nitrogens is 2. The van der Waals surface area contributed by atoms with Gasteiger partial charge in [0, 0.05) is 30.1 Å². The fourth-order valence-electron chi connectivity index (χ4n) is 5.14. The standard InChI is InChI=1S/C28H33N5O3S/c1-35-21-5-6-22-23(13-21)32-28(15-30-22)36-25(19-3-4-19)16-33-10-8-20(9-11-33)29-14-18-2-7-26-24(12-18)31-27(34)17-37-26/h2,5-7,12-13,15,19-20,25,29H,3-4,8-11,14,16-17H2,1H3,(H,31,34). The lowest BCUT2D eigenvalue weighted by Crippen LogP contribution is -2.46. The number of carbonyl (C=O) groups is 1. The summed E-state index contributed by atoms with van der Waals surface area (Å²) >= 11 is 1.60. The molecule has 6 rings (SSSR count). The van der Waals surface area contributed by atoms with E-state index in [-0.39, 0.29) is 12.0 Å². The largest absolute Gasteiger partial charge is 0.497 e. The molecular formula is C28H33N5O3S. The number of methoxy groups -OCH3 is 1. The van der Waals surface area contributed by atoms with Gasteiger partial charge in [0.25, 0.3) is 0 Å². The molecule has 2 fully saturated rings. The molecule has 1 aromatic heterocycles. The molecule has 1 unspecified atom stereocenters. The maximum absolute atomic E-state index is 11.7. The molecule has 2 aromatic carbocycles. The van der Waals surface area contributed by atoms with Crippen LogP contribution < -0.4 is 20.1 Å². The Bertz CT molecular complexity index is 1280. The zero-order chi connectivity index (χ0) is 25.2. The Balaban J connectivity index is 1.01. The number of thioether (sulfide) groups is 1.